The van der Waals surface area contributed by atoms with Gasteiger partial charge < -0.3 is 0 Å². The molecule has 0 saturated heterocycles. The van der Waals surface area contributed by atoms with E-state index in [0.717, 1.165) is 0 Å². The van der Waals surface area contributed by atoms with E-state index < -0.39 is 0 Å². The molecule has 0 N–H and O–H groups in total. The zero-order valence-electron chi connectivity index (χ0n) is 7.90. The van der Waals surface area contributed by atoms with Crippen LogP contribution in [0.1, 0.15) is 51.9 Å². The minimum absolute atomic E-state index is 0.105. The van der Waals surface area contributed by atoms with Crippen LogP contribution in [0.2, 0.25) is 0 Å². The summed E-state index contributed by atoms with van der Waals surface area (Å²) in [6, 6.07) is 2.56. The summed E-state index contributed by atoms with van der Waals surface area (Å²) in [5.41, 5.74) is 0.480. The summed E-state index contributed by atoms with van der Waals surface area (Å²) < 4.78 is 0. The molecule has 2 aliphatic carbocycles. The first kappa shape index (κ1) is 8.10. The highest BCUT2D eigenvalue weighted by atomic mass is 14.6. The molecule has 66 valence electrons. The molecular weight excluding hydrogens is 146 g/mol. The van der Waals surface area contributed by atoms with Crippen LogP contribution in [0, 0.1) is 22.2 Å². The van der Waals surface area contributed by atoms with Crippen LogP contribution in [0.4, 0.5) is 0 Å². The van der Waals surface area contributed by atoms with Crippen molar-refractivity contribution in [3.63, 3.8) is 0 Å². The van der Waals surface area contributed by atoms with Crippen molar-refractivity contribution in [2.75, 3.05) is 0 Å². The lowest BCUT2D eigenvalue weighted by Crippen LogP contribution is -2.30. The number of nitrogens with zero attached hydrogens (tertiary/aromatic N) is 1. The van der Waals surface area contributed by atoms with E-state index in [-0.39, 0.29) is 5.41 Å². The lowest BCUT2D eigenvalue weighted by Gasteiger charge is -2.37. The maximum atomic E-state index is 9.12. The Morgan fingerprint density at radius 3 is 2.00 bits per heavy atom. The van der Waals surface area contributed by atoms with Gasteiger partial charge in [-0.1, -0.05) is 26.2 Å². The van der Waals surface area contributed by atoms with Crippen LogP contribution in [0.3, 0.4) is 0 Å². The van der Waals surface area contributed by atoms with E-state index in [0.29, 0.717) is 5.41 Å². The number of hydrogen-bond donors (Lipinski definition) is 0. The largest absolute Gasteiger partial charge is 0.198 e. The zero-order chi connectivity index (χ0) is 8.66. The molecule has 12 heavy (non-hydrogen) atoms. The van der Waals surface area contributed by atoms with Crippen LogP contribution >= 0.6 is 0 Å². The number of nitriles is 1. The fourth-order valence-electron chi connectivity index (χ4n) is 2.79. The first-order valence-corrected chi connectivity index (χ1v) is 5.14. The van der Waals surface area contributed by atoms with Crippen LogP contribution in [0.5, 0.6) is 0 Å². The van der Waals surface area contributed by atoms with Gasteiger partial charge in [0, 0.05) is 0 Å². The Kier molecular flexibility index (Phi) is 1.68. The van der Waals surface area contributed by atoms with Gasteiger partial charge in [0.05, 0.1) is 11.5 Å². The standard InChI is InChI=1S/C11H17N/c1-10(5-3-2-4-6-10)11(9-12)7-8-11/h2-8H2,1H3. The molecule has 0 radical (unpaired) electrons. The van der Waals surface area contributed by atoms with Crippen molar-refractivity contribution in [3.05, 3.63) is 0 Å². The minimum Gasteiger partial charge on any atom is -0.198 e. The molecule has 2 fully saturated rings. The van der Waals surface area contributed by atoms with Crippen LogP contribution in [-0.4, -0.2) is 0 Å². The van der Waals surface area contributed by atoms with Crippen molar-refractivity contribution in [1.29, 1.82) is 5.26 Å². The fourth-order valence-corrected chi connectivity index (χ4v) is 2.79. The molecule has 0 spiro atoms. The maximum absolute atomic E-state index is 9.12. The third-order valence-electron chi connectivity index (χ3n) is 4.08. The maximum Gasteiger partial charge on any atom is 0.0695 e. The van der Waals surface area contributed by atoms with Gasteiger partial charge in [-0.15, -0.1) is 0 Å². The molecule has 1 heteroatoms. The predicted octanol–water partition coefficient (Wildman–Crippen LogP) is 3.26. The summed E-state index contributed by atoms with van der Waals surface area (Å²) in [6.07, 6.45) is 9.00. The highest BCUT2D eigenvalue weighted by Gasteiger charge is 2.56. The SMILES string of the molecule is CC1(C2(C#N)CC2)CCCCC1. The average Bonchev–Trinajstić information content (AvgIpc) is 2.86. The van der Waals surface area contributed by atoms with Crippen molar-refractivity contribution in [2.24, 2.45) is 10.8 Å². The van der Waals surface area contributed by atoms with E-state index in [2.05, 4.69) is 13.0 Å². The third-order valence-corrected chi connectivity index (χ3v) is 4.08. The molecule has 0 bridgehead atoms. The highest BCUT2D eigenvalue weighted by molar-refractivity contribution is 5.18. The zero-order valence-corrected chi connectivity index (χ0v) is 7.90. The Morgan fingerprint density at radius 1 is 1.00 bits per heavy atom. The van der Waals surface area contributed by atoms with E-state index in [1.807, 2.05) is 0 Å². The monoisotopic (exact) mass is 163 g/mol. The molecule has 2 rings (SSSR count). The van der Waals surface area contributed by atoms with Crippen molar-refractivity contribution in [1.82, 2.24) is 0 Å². The highest BCUT2D eigenvalue weighted by Crippen LogP contribution is 2.63. The molecule has 1 nitrogen and oxygen atoms in total. The molecule has 0 aromatic heterocycles. The Bertz CT molecular complexity index is 214. The fraction of sp³-hybridized carbons (Fsp3) is 0.909. The molecule has 0 atom stereocenters. The van der Waals surface area contributed by atoms with Crippen LogP contribution in [0.15, 0.2) is 0 Å². The first-order chi connectivity index (χ1) is 5.72. The minimum atomic E-state index is 0.105. The smallest absolute Gasteiger partial charge is 0.0695 e. The second-order valence-corrected chi connectivity index (χ2v) is 4.82. The van der Waals surface area contributed by atoms with Crippen molar-refractivity contribution >= 4 is 0 Å². The quantitative estimate of drug-likeness (QED) is 0.582. The Hall–Kier alpha value is -0.510. The topological polar surface area (TPSA) is 23.8 Å². The molecule has 2 aliphatic rings. The first-order valence-electron chi connectivity index (χ1n) is 5.14. The van der Waals surface area contributed by atoms with Gasteiger partial charge in [-0.2, -0.15) is 5.26 Å². The van der Waals surface area contributed by atoms with E-state index in [4.69, 9.17) is 5.26 Å². The van der Waals surface area contributed by atoms with E-state index >= 15 is 0 Å². The van der Waals surface area contributed by atoms with Crippen molar-refractivity contribution in [2.45, 2.75) is 51.9 Å². The summed E-state index contributed by atoms with van der Waals surface area (Å²) in [5, 5.41) is 9.12. The molecule has 0 aliphatic heterocycles. The third kappa shape index (κ3) is 0.975. The Balaban J connectivity index is 2.14. The molecule has 0 heterocycles. The van der Waals surface area contributed by atoms with Crippen LogP contribution in [-0.2, 0) is 0 Å². The lowest BCUT2D eigenvalue weighted by atomic mass is 9.65. The second-order valence-electron chi connectivity index (χ2n) is 4.82. The summed E-state index contributed by atoms with van der Waals surface area (Å²) in [4.78, 5) is 0. The lowest BCUT2D eigenvalue weighted by molar-refractivity contribution is 0.138. The summed E-state index contributed by atoms with van der Waals surface area (Å²) >= 11 is 0. The Labute approximate surface area is 74.8 Å². The van der Waals surface area contributed by atoms with Gasteiger partial charge in [0.25, 0.3) is 0 Å². The molecule has 0 aromatic carbocycles. The van der Waals surface area contributed by atoms with Crippen molar-refractivity contribution < 1.29 is 0 Å². The average molecular weight is 163 g/mol. The van der Waals surface area contributed by atoms with Crippen LogP contribution in [0.25, 0.3) is 0 Å². The van der Waals surface area contributed by atoms with E-state index in [1.54, 1.807) is 0 Å². The van der Waals surface area contributed by atoms with E-state index in [9.17, 15) is 0 Å². The molecule has 2 saturated carbocycles. The second kappa shape index (κ2) is 2.49. The van der Waals surface area contributed by atoms with Gasteiger partial charge in [0.2, 0.25) is 0 Å². The molecule has 0 unspecified atom stereocenters. The summed E-state index contributed by atoms with van der Waals surface area (Å²) in [5.74, 6) is 0. The van der Waals surface area contributed by atoms with Crippen molar-refractivity contribution in [3.8, 4) is 6.07 Å². The Morgan fingerprint density at radius 2 is 1.58 bits per heavy atom. The molecule has 0 aromatic rings. The molecule has 0 amide bonds. The van der Waals surface area contributed by atoms with Gasteiger partial charge in [-0.05, 0) is 31.1 Å². The van der Waals surface area contributed by atoms with Gasteiger partial charge in [-0.25, -0.2) is 0 Å². The number of rotatable bonds is 1. The van der Waals surface area contributed by atoms with E-state index in [1.165, 1.54) is 44.9 Å². The number of hydrogen-bond acceptors (Lipinski definition) is 1. The summed E-state index contributed by atoms with van der Waals surface area (Å²) in [7, 11) is 0. The predicted molar refractivity (Wildman–Crippen MR) is 48.5 cm³/mol. The summed E-state index contributed by atoms with van der Waals surface area (Å²) in [6.45, 7) is 2.34. The van der Waals surface area contributed by atoms with Gasteiger partial charge >= 0.3 is 0 Å². The normalized spacial score (nSPS) is 30.7. The van der Waals surface area contributed by atoms with Gasteiger partial charge in [-0.3, -0.25) is 0 Å². The molecular formula is C11H17N. The van der Waals surface area contributed by atoms with Gasteiger partial charge in [0.1, 0.15) is 0 Å². The van der Waals surface area contributed by atoms with Crippen LogP contribution < -0.4 is 0 Å². The van der Waals surface area contributed by atoms with Gasteiger partial charge in [0.15, 0.2) is 0 Å².